The molecule has 1 aromatic carbocycles. The SMILES string of the molecule is CC(C)(C)c1ccc(-c2cnc(N)c(Cl)c2)c(F)c1Oc1ncccn1. The third-order valence-electron chi connectivity index (χ3n) is 3.82. The number of pyridine rings is 1. The number of hydrogen-bond acceptors (Lipinski definition) is 5. The topological polar surface area (TPSA) is 73.9 Å². The van der Waals surface area contributed by atoms with Crippen molar-refractivity contribution in [2.24, 2.45) is 0 Å². The number of rotatable bonds is 3. The number of benzene rings is 1. The van der Waals surface area contributed by atoms with E-state index in [1.807, 2.05) is 26.8 Å². The molecule has 26 heavy (non-hydrogen) atoms. The molecular weight excluding hydrogens is 355 g/mol. The van der Waals surface area contributed by atoms with Gasteiger partial charge in [0.15, 0.2) is 11.6 Å². The lowest BCUT2D eigenvalue weighted by atomic mass is 9.85. The van der Waals surface area contributed by atoms with Crippen molar-refractivity contribution in [1.29, 1.82) is 0 Å². The van der Waals surface area contributed by atoms with E-state index >= 15 is 4.39 Å². The van der Waals surface area contributed by atoms with Crippen LogP contribution >= 0.6 is 11.6 Å². The first-order chi connectivity index (χ1) is 12.3. The highest BCUT2D eigenvalue weighted by atomic mass is 35.5. The molecule has 0 radical (unpaired) electrons. The molecule has 5 nitrogen and oxygen atoms in total. The van der Waals surface area contributed by atoms with Crippen molar-refractivity contribution in [3.05, 3.63) is 59.3 Å². The molecular formula is C19H18ClFN4O. The molecule has 0 atom stereocenters. The lowest BCUT2D eigenvalue weighted by Crippen LogP contribution is -2.14. The van der Waals surface area contributed by atoms with Crippen LogP contribution in [0.5, 0.6) is 11.8 Å². The molecule has 2 aromatic heterocycles. The number of aromatic nitrogens is 3. The lowest BCUT2D eigenvalue weighted by molar-refractivity contribution is 0.394. The molecule has 0 fully saturated rings. The van der Waals surface area contributed by atoms with E-state index in [-0.39, 0.29) is 28.0 Å². The summed E-state index contributed by atoms with van der Waals surface area (Å²) in [6, 6.07) is 6.80. The molecule has 7 heteroatoms. The van der Waals surface area contributed by atoms with E-state index in [2.05, 4.69) is 15.0 Å². The maximum Gasteiger partial charge on any atom is 0.321 e. The third-order valence-corrected chi connectivity index (χ3v) is 4.12. The van der Waals surface area contributed by atoms with E-state index in [0.717, 1.165) is 0 Å². The Bertz CT molecular complexity index is 942. The molecule has 0 unspecified atom stereocenters. The lowest BCUT2D eigenvalue weighted by Gasteiger charge is -2.23. The average molecular weight is 373 g/mol. The van der Waals surface area contributed by atoms with Crippen molar-refractivity contribution in [3.63, 3.8) is 0 Å². The fraction of sp³-hybridized carbons (Fsp3) is 0.211. The Balaban J connectivity index is 2.16. The van der Waals surface area contributed by atoms with Gasteiger partial charge in [0.1, 0.15) is 5.82 Å². The number of nitrogens with two attached hydrogens (primary N) is 1. The molecule has 134 valence electrons. The molecule has 0 amide bonds. The molecule has 0 aliphatic heterocycles. The van der Waals surface area contributed by atoms with Crippen molar-refractivity contribution < 1.29 is 9.13 Å². The van der Waals surface area contributed by atoms with Crippen LogP contribution in [0.4, 0.5) is 10.2 Å². The van der Waals surface area contributed by atoms with Crippen molar-refractivity contribution in [2.75, 3.05) is 5.73 Å². The third kappa shape index (κ3) is 3.60. The van der Waals surface area contributed by atoms with Gasteiger partial charge in [-0.2, -0.15) is 0 Å². The van der Waals surface area contributed by atoms with Crippen LogP contribution in [0.1, 0.15) is 26.3 Å². The second-order valence-electron chi connectivity index (χ2n) is 6.78. The Morgan fingerprint density at radius 1 is 1.12 bits per heavy atom. The number of anilines is 1. The summed E-state index contributed by atoms with van der Waals surface area (Å²) in [7, 11) is 0. The fourth-order valence-electron chi connectivity index (χ4n) is 2.49. The zero-order valence-corrected chi connectivity index (χ0v) is 15.4. The van der Waals surface area contributed by atoms with Gasteiger partial charge in [-0.15, -0.1) is 0 Å². The van der Waals surface area contributed by atoms with E-state index < -0.39 is 5.82 Å². The average Bonchev–Trinajstić information content (AvgIpc) is 2.59. The van der Waals surface area contributed by atoms with Crippen LogP contribution in [0.2, 0.25) is 5.02 Å². The number of hydrogen-bond donors (Lipinski definition) is 1. The molecule has 3 aromatic rings. The predicted octanol–water partition coefficient (Wildman–Crippen LogP) is 5.00. The monoisotopic (exact) mass is 372 g/mol. The van der Waals surface area contributed by atoms with Crippen molar-refractivity contribution in [1.82, 2.24) is 15.0 Å². The van der Waals surface area contributed by atoms with E-state index in [1.54, 1.807) is 18.2 Å². The fourth-order valence-corrected chi connectivity index (χ4v) is 2.66. The number of halogens is 2. The van der Waals surface area contributed by atoms with E-state index in [9.17, 15) is 0 Å². The van der Waals surface area contributed by atoms with Gasteiger partial charge in [-0.3, -0.25) is 0 Å². The van der Waals surface area contributed by atoms with Crippen molar-refractivity contribution in [3.8, 4) is 22.9 Å². The maximum absolute atomic E-state index is 15.4. The normalized spacial score (nSPS) is 11.4. The van der Waals surface area contributed by atoms with E-state index in [4.69, 9.17) is 22.1 Å². The summed E-state index contributed by atoms with van der Waals surface area (Å²) in [4.78, 5) is 12.0. The summed E-state index contributed by atoms with van der Waals surface area (Å²) in [5, 5.41) is 0.260. The Morgan fingerprint density at radius 3 is 2.42 bits per heavy atom. The Labute approximate surface area is 156 Å². The van der Waals surface area contributed by atoms with Crippen LogP contribution in [0.25, 0.3) is 11.1 Å². The predicted molar refractivity (Wildman–Crippen MR) is 99.9 cm³/mol. The number of ether oxygens (including phenoxy) is 1. The van der Waals surface area contributed by atoms with Gasteiger partial charge < -0.3 is 10.5 Å². The van der Waals surface area contributed by atoms with Gasteiger partial charge in [0, 0.05) is 35.3 Å². The van der Waals surface area contributed by atoms with Crippen LogP contribution in [0, 0.1) is 5.82 Å². The molecule has 0 aliphatic carbocycles. The summed E-state index contributed by atoms with van der Waals surface area (Å²) >= 11 is 6.03. The Morgan fingerprint density at radius 2 is 1.81 bits per heavy atom. The number of nitrogens with zero attached hydrogens (tertiary/aromatic N) is 3. The van der Waals surface area contributed by atoms with Crippen LogP contribution in [0.15, 0.2) is 42.9 Å². The van der Waals surface area contributed by atoms with E-state index in [1.165, 1.54) is 18.6 Å². The molecule has 2 N–H and O–H groups in total. The highest BCUT2D eigenvalue weighted by Crippen LogP contribution is 2.40. The van der Waals surface area contributed by atoms with Gasteiger partial charge in [-0.1, -0.05) is 44.5 Å². The number of nitrogen functional groups attached to an aromatic ring is 1. The Kier molecular flexibility index (Phi) is 4.78. The molecule has 0 aliphatic rings. The minimum absolute atomic E-state index is 0.0718. The highest BCUT2D eigenvalue weighted by molar-refractivity contribution is 6.33. The first-order valence-corrected chi connectivity index (χ1v) is 8.34. The van der Waals surface area contributed by atoms with Gasteiger partial charge in [-0.25, -0.2) is 19.3 Å². The standard InChI is InChI=1S/C19H18ClFN4O/c1-19(2,3)13-6-5-12(11-9-14(20)17(22)25-10-11)15(21)16(13)26-18-23-7-4-8-24-18/h4-10H,1-3H3,(H2,22,25). The molecule has 0 spiro atoms. The van der Waals surface area contributed by atoms with Crippen molar-refractivity contribution in [2.45, 2.75) is 26.2 Å². The second-order valence-corrected chi connectivity index (χ2v) is 7.19. The minimum Gasteiger partial charge on any atom is -0.421 e. The van der Waals surface area contributed by atoms with Gasteiger partial charge in [-0.05, 0) is 17.5 Å². The molecule has 3 rings (SSSR count). The quantitative estimate of drug-likeness (QED) is 0.700. The van der Waals surface area contributed by atoms with Gasteiger partial charge in [0.2, 0.25) is 0 Å². The maximum atomic E-state index is 15.4. The zero-order chi connectivity index (χ0) is 18.9. The molecule has 0 saturated heterocycles. The summed E-state index contributed by atoms with van der Waals surface area (Å²) in [6.45, 7) is 5.92. The summed E-state index contributed by atoms with van der Waals surface area (Å²) in [5.41, 5.74) is 6.79. The van der Waals surface area contributed by atoms with Gasteiger partial charge >= 0.3 is 6.01 Å². The summed E-state index contributed by atoms with van der Waals surface area (Å²) in [5.74, 6) is -0.266. The van der Waals surface area contributed by atoms with Gasteiger partial charge in [0.05, 0.1) is 5.02 Å². The molecule has 0 bridgehead atoms. The first kappa shape index (κ1) is 18.1. The smallest absolute Gasteiger partial charge is 0.321 e. The second kappa shape index (κ2) is 6.88. The molecule has 2 heterocycles. The Hall–Kier alpha value is -2.73. The minimum atomic E-state index is -0.535. The highest BCUT2D eigenvalue weighted by Gasteiger charge is 2.25. The van der Waals surface area contributed by atoms with Crippen LogP contribution in [0.3, 0.4) is 0 Å². The van der Waals surface area contributed by atoms with Crippen LogP contribution in [-0.2, 0) is 5.41 Å². The first-order valence-electron chi connectivity index (χ1n) is 7.96. The van der Waals surface area contributed by atoms with E-state index in [0.29, 0.717) is 16.7 Å². The van der Waals surface area contributed by atoms with Crippen molar-refractivity contribution >= 4 is 17.4 Å². The largest absolute Gasteiger partial charge is 0.421 e. The summed E-state index contributed by atoms with van der Waals surface area (Å²) < 4.78 is 21.1. The van der Waals surface area contributed by atoms with Crippen LogP contribution in [-0.4, -0.2) is 15.0 Å². The van der Waals surface area contributed by atoms with Crippen LogP contribution < -0.4 is 10.5 Å². The van der Waals surface area contributed by atoms with Gasteiger partial charge in [0.25, 0.3) is 0 Å². The zero-order valence-electron chi connectivity index (χ0n) is 14.6. The summed E-state index contributed by atoms with van der Waals surface area (Å²) in [6.07, 6.45) is 4.54. The molecule has 0 saturated carbocycles.